The molecule has 4 aromatic rings. The number of aromatic nitrogens is 5. The topological polar surface area (TPSA) is 51.2 Å². The fourth-order valence-electron chi connectivity index (χ4n) is 3.62. The first-order valence-corrected chi connectivity index (χ1v) is 8.91. The van der Waals surface area contributed by atoms with Crippen molar-refractivity contribution in [2.24, 2.45) is 0 Å². The van der Waals surface area contributed by atoms with Crippen LogP contribution in [0.1, 0.15) is 17.0 Å². The summed E-state index contributed by atoms with van der Waals surface area (Å²) in [6.07, 6.45) is 3.82. The standard InChI is InChI=1S/C20H20N6/c1-15-5-4-7-21-20(15)19-12-18-14-24(9-10-26(18)23-19)13-16-11-17-6-2-3-8-25(17)22-16/h2-8,11-12H,9-10,13-14H2,1H3. The van der Waals surface area contributed by atoms with Gasteiger partial charge in [-0.3, -0.25) is 14.6 Å². The highest BCUT2D eigenvalue weighted by atomic mass is 15.3. The van der Waals surface area contributed by atoms with Gasteiger partial charge in [-0.25, -0.2) is 4.52 Å². The monoisotopic (exact) mass is 344 g/mol. The third kappa shape index (κ3) is 2.68. The summed E-state index contributed by atoms with van der Waals surface area (Å²) in [7, 11) is 0. The van der Waals surface area contributed by atoms with Crippen LogP contribution in [0.4, 0.5) is 0 Å². The second-order valence-corrected chi connectivity index (χ2v) is 6.83. The van der Waals surface area contributed by atoms with Gasteiger partial charge in [0.15, 0.2) is 0 Å². The minimum Gasteiger partial charge on any atom is -0.290 e. The zero-order valence-corrected chi connectivity index (χ0v) is 14.7. The molecule has 130 valence electrons. The molecule has 6 nitrogen and oxygen atoms in total. The van der Waals surface area contributed by atoms with Crippen LogP contribution < -0.4 is 0 Å². The molecule has 1 aliphatic heterocycles. The zero-order chi connectivity index (χ0) is 17.5. The molecule has 0 fully saturated rings. The predicted molar refractivity (Wildman–Crippen MR) is 99.5 cm³/mol. The van der Waals surface area contributed by atoms with Crippen LogP contribution in [-0.2, 0) is 19.6 Å². The molecule has 6 heteroatoms. The molecular formula is C20H20N6. The second-order valence-electron chi connectivity index (χ2n) is 6.83. The van der Waals surface area contributed by atoms with Gasteiger partial charge in [-0.15, -0.1) is 0 Å². The molecule has 0 spiro atoms. The number of fused-ring (bicyclic) bond motifs is 2. The molecule has 5 rings (SSSR count). The van der Waals surface area contributed by atoms with Gasteiger partial charge in [0, 0.05) is 32.0 Å². The lowest BCUT2D eigenvalue weighted by Crippen LogP contribution is -2.33. The van der Waals surface area contributed by atoms with Gasteiger partial charge in [-0.2, -0.15) is 10.2 Å². The molecule has 0 aliphatic carbocycles. The van der Waals surface area contributed by atoms with Crippen molar-refractivity contribution in [3.63, 3.8) is 0 Å². The number of nitrogens with zero attached hydrogens (tertiary/aromatic N) is 6. The van der Waals surface area contributed by atoms with Gasteiger partial charge in [-0.1, -0.05) is 12.1 Å². The lowest BCUT2D eigenvalue weighted by atomic mass is 10.1. The van der Waals surface area contributed by atoms with Crippen LogP contribution in [-0.4, -0.2) is 35.8 Å². The van der Waals surface area contributed by atoms with E-state index < -0.39 is 0 Å². The van der Waals surface area contributed by atoms with Gasteiger partial charge in [0.25, 0.3) is 0 Å². The van der Waals surface area contributed by atoms with E-state index in [1.165, 1.54) is 5.69 Å². The van der Waals surface area contributed by atoms with Crippen molar-refractivity contribution >= 4 is 5.52 Å². The fourth-order valence-corrected chi connectivity index (χ4v) is 3.62. The maximum absolute atomic E-state index is 4.77. The minimum atomic E-state index is 0.852. The molecule has 0 aromatic carbocycles. The maximum Gasteiger partial charge on any atom is 0.111 e. The summed E-state index contributed by atoms with van der Waals surface area (Å²) in [5.74, 6) is 0. The minimum absolute atomic E-state index is 0.852. The molecule has 1 aliphatic rings. The van der Waals surface area contributed by atoms with Gasteiger partial charge >= 0.3 is 0 Å². The third-order valence-corrected chi connectivity index (χ3v) is 4.94. The highest BCUT2D eigenvalue weighted by molar-refractivity contribution is 5.58. The summed E-state index contributed by atoms with van der Waals surface area (Å²) in [6, 6.07) is 14.5. The van der Waals surface area contributed by atoms with Crippen molar-refractivity contribution in [2.75, 3.05) is 6.54 Å². The van der Waals surface area contributed by atoms with Gasteiger partial charge in [0.2, 0.25) is 0 Å². The number of aryl methyl sites for hydroxylation is 1. The Balaban J connectivity index is 1.37. The summed E-state index contributed by atoms with van der Waals surface area (Å²) in [5.41, 5.74) is 6.57. The quantitative estimate of drug-likeness (QED) is 0.573. The zero-order valence-electron chi connectivity index (χ0n) is 14.7. The molecule has 0 bridgehead atoms. The molecule has 5 heterocycles. The summed E-state index contributed by atoms with van der Waals surface area (Å²) in [6.45, 7) is 5.69. The average molecular weight is 344 g/mol. The molecule has 26 heavy (non-hydrogen) atoms. The van der Waals surface area contributed by atoms with Gasteiger partial charge in [0.1, 0.15) is 5.69 Å². The van der Waals surface area contributed by atoms with E-state index in [0.717, 1.165) is 54.3 Å². The van der Waals surface area contributed by atoms with Crippen LogP contribution in [0.3, 0.4) is 0 Å². The smallest absolute Gasteiger partial charge is 0.111 e. The van der Waals surface area contributed by atoms with E-state index >= 15 is 0 Å². The highest BCUT2D eigenvalue weighted by Crippen LogP contribution is 2.23. The normalized spacial score (nSPS) is 14.7. The molecule has 0 atom stereocenters. The van der Waals surface area contributed by atoms with Gasteiger partial charge < -0.3 is 0 Å². The Morgan fingerprint density at radius 1 is 1.04 bits per heavy atom. The first-order chi connectivity index (χ1) is 12.8. The molecule has 0 amide bonds. The first kappa shape index (κ1) is 15.3. The lowest BCUT2D eigenvalue weighted by molar-refractivity contribution is 0.203. The van der Waals surface area contributed by atoms with E-state index in [9.17, 15) is 0 Å². The van der Waals surface area contributed by atoms with Gasteiger partial charge in [-0.05, 0) is 42.8 Å². The van der Waals surface area contributed by atoms with Crippen LogP contribution in [0, 0.1) is 6.92 Å². The van der Waals surface area contributed by atoms with Crippen LogP contribution >= 0.6 is 0 Å². The molecule has 4 aromatic heterocycles. The Labute approximate surface area is 151 Å². The van der Waals surface area contributed by atoms with Crippen LogP contribution in [0.2, 0.25) is 0 Å². The van der Waals surface area contributed by atoms with E-state index in [1.807, 2.05) is 35.1 Å². The Hall–Kier alpha value is -2.99. The number of hydrogen-bond acceptors (Lipinski definition) is 4. The first-order valence-electron chi connectivity index (χ1n) is 8.91. The van der Waals surface area contributed by atoms with E-state index in [-0.39, 0.29) is 0 Å². The van der Waals surface area contributed by atoms with Gasteiger partial charge in [0.05, 0.1) is 29.1 Å². The summed E-state index contributed by atoms with van der Waals surface area (Å²) < 4.78 is 4.05. The Morgan fingerprint density at radius 3 is 2.88 bits per heavy atom. The highest BCUT2D eigenvalue weighted by Gasteiger charge is 2.20. The van der Waals surface area contributed by atoms with Crippen molar-refractivity contribution in [3.05, 3.63) is 71.8 Å². The Kier molecular flexibility index (Phi) is 3.57. The molecular weight excluding hydrogens is 324 g/mol. The molecule has 0 N–H and O–H groups in total. The Morgan fingerprint density at radius 2 is 2.00 bits per heavy atom. The molecule has 0 saturated heterocycles. The van der Waals surface area contributed by atoms with Crippen LogP contribution in [0.25, 0.3) is 16.9 Å². The van der Waals surface area contributed by atoms with Crippen molar-refractivity contribution in [3.8, 4) is 11.4 Å². The van der Waals surface area contributed by atoms with Crippen molar-refractivity contribution in [2.45, 2.75) is 26.6 Å². The van der Waals surface area contributed by atoms with E-state index in [4.69, 9.17) is 5.10 Å². The van der Waals surface area contributed by atoms with Crippen molar-refractivity contribution in [1.29, 1.82) is 0 Å². The number of hydrogen-bond donors (Lipinski definition) is 0. The Bertz CT molecular complexity index is 1040. The molecule has 0 unspecified atom stereocenters. The second kappa shape index (κ2) is 6.07. The molecule has 0 radical (unpaired) electrons. The van der Waals surface area contributed by atoms with Crippen LogP contribution in [0.5, 0.6) is 0 Å². The number of pyridine rings is 2. The molecule has 0 saturated carbocycles. The number of rotatable bonds is 3. The van der Waals surface area contributed by atoms with E-state index in [1.54, 1.807) is 0 Å². The summed E-state index contributed by atoms with van der Waals surface area (Å²) in [5, 5.41) is 9.44. The SMILES string of the molecule is Cc1cccnc1-c1cc2n(n1)CCN(Cc1cc3ccccn3n1)C2. The lowest BCUT2D eigenvalue weighted by Gasteiger charge is -2.26. The van der Waals surface area contributed by atoms with Crippen molar-refractivity contribution in [1.82, 2.24) is 29.3 Å². The van der Waals surface area contributed by atoms with Crippen LogP contribution in [0.15, 0.2) is 54.9 Å². The predicted octanol–water partition coefficient (Wildman–Crippen LogP) is 2.92. The maximum atomic E-state index is 4.77. The van der Waals surface area contributed by atoms with E-state index in [0.29, 0.717) is 0 Å². The van der Waals surface area contributed by atoms with E-state index in [2.05, 4.69) is 50.9 Å². The largest absolute Gasteiger partial charge is 0.290 e. The third-order valence-electron chi connectivity index (χ3n) is 4.94. The average Bonchev–Trinajstić information content (AvgIpc) is 3.24. The summed E-state index contributed by atoms with van der Waals surface area (Å²) in [4.78, 5) is 6.93. The fraction of sp³-hybridized carbons (Fsp3) is 0.250. The van der Waals surface area contributed by atoms with Crippen molar-refractivity contribution < 1.29 is 0 Å². The summed E-state index contributed by atoms with van der Waals surface area (Å²) >= 11 is 0.